The maximum absolute atomic E-state index is 9.98. The fourth-order valence-electron chi connectivity index (χ4n) is 2.28. The number of hydrogen-bond acceptors (Lipinski definition) is 3. The number of nitrogens with zero attached hydrogens (tertiary/aromatic N) is 2. The van der Waals surface area contributed by atoms with Crippen molar-refractivity contribution in [2.24, 2.45) is 0 Å². The molecular weight excluding hydrogens is 252 g/mol. The molecular formula is C16H22N2O2. The minimum Gasteiger partial charge on any atom is -0.497 e. The molecule has 0 aromatic carbocycles. The fraction of sp³-hybridized carbons (Fsp3) is 0.438. The van der Waals surface area contributed by atoms with Gasteiger partial charge in [-0.05, 0) is 25.0 Å². The number of hydrogen-bond donors (Lipinski definition) is 1. The van der Waals surface area contributed by atoms with Gasteiger partial charge in [-0.15, -0.1) is 0 Å². The molecule has 2 heterocycles. The van der Waals surface area contributed by atoms with E-state index in [4.69, 9.17) is 4.74 Å². The third kappa shape index (κ3) is 3.61. The van der Waals surface area contributed by atoms with E-state index in [-0.39, 0.29) is 6.10 Å². The second-order valence-corrected chi connectivity index (χ2v) is 5.06. The van der Waals surface area contributed by atoms with Crippen LogP contribution in [0.4, 0.5) is 0 Å². The number of pyridine rings is 1. The predicted molar refractivity (Wildman–Crippen MR) is 78.9 cm³/mol. The van der Waals surface area contributed by atoms with Gasteiger partial charge in [0.25, 0.3) is 0 Å². The maximum Gasteiger partial charge on any atom is 0.122 e. The Kier molecular flexibility index (Phi) is 4.79. The summed E-state index contributed by atoms with van der Waals surface area (Å²) in [5, 5.41) is 9.98. The van der Waals surface area contributed by atoms with Gasteiger partial charge in [0.2, 0.25) is 0 Å². The van der Waals surface area contributed by atoms with Crippen LogP contribution < -0.4 is 4.74 Å². The minimum absolute atomic E-state index is 0.374. The van der Waals surface area contributed by atoms with Crippen molar-refractivity contribution in [3.05, 3.63) is 47.5 Å². The van der Waals surface area contributed by atoms with Gasteiger partial charge in [0, 0.05) is 30.2 Å². The van der Waals surface area contributed by atoms with Gasteiger partial charge in [-0.2, -0.15) is 0 Å². The van der Waals surface area contributed by atoms with Crippen LogP contribution in [0.15, 0.2) is 30.6 Å². The van der Waals surface area contributed by atoms with E-state index in [2.05, 4.69) is 11.9 Å². The monoisotopic (exact) mass is 274 g/mol. The Morgan fingerprint density at radius 3 is 2.90 bits per heavy atom. The molecule has 0 aliphatic carbocycles. The Morgan fingerprint density at radius 2 is 2.20 bits per heavy atom. The molecule has 1 unspecified atom stereocenters. The van der Waals surface area contributed by atoms with Crippen LogP contribution in [0.25, 0.3) is 0 Å². The van der Waals surface area contributed by atoms with E-state index in [9.17, 15) is 5.11 Å². The van der Waals surface area contributed by atoms with Crippen LogP contribution in [0.5, 0.6) is 5.75 Å². The van der Waals surface area contributed by atoms with Crippen molar-refractivity contribution in [2.45, 2.75) is 39.3 Å². The van der Waals surface area contributed by atoms with Crippen LogP contribution >= 0.6 is 0 Å². The summed E-state index contributed by atoms with van der Waals surface area (Å²) in [7, 11) is 1.66. The number of aryl methyl sites for hydroxylation is 1. The number of rotatable bonds is 6. The molecule has 0 bridgehead atoms. The Hall–Kier alpha value is -1.81. The molecule has 2 rings (SSSR count). The first-order valence-electron chi connectivity index (χ1n) is 6.97. The molecule has 0 fully saturated rings. The average molecular weight is 274 g/mol. The standard InChI is InChI=1S/C16H22N2O2/c1-4-5-16(19)13-6-7-18(10-13)11-14-9-15(20-3)8-12(2)17-14/h6-10,16,19H,4-5,11H2,1-3H3. The molecule has 0 amide bonds. The largest absolute Gasteiger partial charge is 0.497 e. The maximum atomic E-state index is 9.98. The highest BCUT2D eigenvalue weighted by Gasteiger charge is 2.08. The lowest BCUT2D eigenvalue weighted by Crippen LogP contribution is -2.02. The second kappa shape index (κ2) is 6.57. The molecule has 0 aliphatic heterocycles. The Bertz CT molecular complexity index is 563. The summed E-state index contributed by atoms with van der Waals surface area (Å²) in [4.78, 5) is 4.50. The van der Waals surface area contributed by atoms with Gasteiger partial charge in [-0.25, -0.2) is 0 Å². The minimum atomic E-state index is -0.374. The van der Waals surface area contributed by atoms with E-state index >= 15 is 0 Å². The average Bonchev–Trinajstić information content (AvgIpc) is 2.87. The van der Waals surface area contributed by atoms with E-state index in [1.54, 1.807) is 7.11 Å². The van der Waals surface area contributed by atoms with Gasteiger partial charge in [0.05, 0.1) is 25.5 Å². The first-order chi connectivity index (χ1) is 9.62. The number of ether oxygens (including phenoxy) is 1. The first-order valence-corrected chi connectivity index (χ1v) is 6.97. The molecule has 1 atom stereocenters. The molecule has 0 saturated carbocycles. The molecule has 4 nitrogen and oxygen atoms in total. The summed E-state index contributed by atoms with van der Waals surface area (Å²) in [6, 6.07) is 5.82. The fourth-order valence-corrected chi connectivity index (χ4v) is 2.28. The van der Waals surface area contributed by atoms with Crippen molar-refractivity contribution in [3.8, 4) is 5.75 Å². The zero-order valence-electron chi connectivity index (χ0n) is 12.3. The third-order valence-corrected chi connectivity index (χ3v) is 3.28. The lowest BCUT2D eigenvalue weighted by atomic mass is 10.1. The topological polar surface area (TPSA) is 47.3 Å². The van der Waals surface area contributed by atoms with Crippen LogP contribution in [-0.4, -0.2) is 21.8 Å². The number of aliphatic hydroxyl groups excluding tert-OH is 1. The zero-order valence-corrected chi connectivity index (χ0v) is 12.3. The van der Waals surface area contributed by atoms with Gasteiger partial charge in [-0.1, -0.05) is 13.3 Å². The molecule has 0 saturated heterocycles. The van der Waals surface area contributed by atoms with E-state index in [0.717, 1.165) is 35.5 Å². The van der Waals surface area contributed by atoms with Gasteiger partial charge in [-0.3, -0.25) is 4.98 Å². The summed E-state index contributed by atoms with van der Waals surface area (Å²) >= 11 is 0. The van der Waals surface area contributed by atoms with Gasteiger partial charge in [0.15, 0.2) is 0 Å². The quantitative estimate of drug-likeness (QED) is 0.880. The molecule has 0 radical (unpaired) electrons. The second-order valence-electron chi connectivity index (χ2n) is 5.06. The third-order valence-electron chi connectivity index (χ3n) is 3.28. The van der Waals surface area contributed by atoms with Crippen molar-refractivity contribution >= 4 is 0 Å². The van der Waals surface area contributed by atoms with Crippen LogP contribution in [0, 0.1) is 6.92 Å². The number of methoxy groups -OCH3 is 1. The Labute approximate surface area is 120 Å². The van der Waals surface area contributed by atoms with Crippen LogP contribution in [0.3, 0.4) is 0 Å². The van der Waals surface area contributed by atoms with Crippen molar-refractivity contribution < 1.29 is 9.84 Å². The highest BCUT2D eigenvalue weighted by atomic mass is 16.5. The molecule has 2 aromatic heterocycles. The van der Waals surface area contributed by atoms with Crippen molar-refractivity contribution in [2.75, 3.05) is 7.11 Å². The highest BCUT2D eigenvalue weighted by Crippen LogP contribution is 2.19. The summed E-state index contributed by atoms with van der Waals surface area (Å²) in [5.74, 6) is 0.825. The smallest absolute Gasteiger partial charge is 0.122 e. The van der Waals surface area contributed by atoms with E-state index < -0.39 is 0 Å². The van der Waals surface area contributed by atoms with Crippen molar-refractivity contribution in [1.82, 2.24) is 9.55 Å². The lowest BCUT2D eigenvalue weighted by molar-refractivity contribution is 0.166. The highest BCUT2D eigenvalue weighted by molar-refractivity contribution is 5.27. The van der Waals surface area contributed by atoms with Crippen molar-refractivity contribution in [1.29, 1.82) is 0 Å². The molecule has 0 aliphatic rings. The SMILES string of the molecule is CCCC(O)c1ccn(Cc2cc(OC)cc(C)n2)c1. The Morgan fingerprint density at radius 1 is 1.40 bits per heavy atom. The number of aliphatic hydroxyl groups is 1. The lowest BCUT2D eigenvalue weighted by Gasteiger charge is -2.08. The zero-order chi connectivity index (χ0) is 14.5. The Balaban J connectivity index is 2.12. The van der Waals surface area contributed by atoms with Crippen LogP contribution in [0.1, 0.15) is 42.8 Å². The molecule has 108 valence electrons. The summed E-state index contributed by atoms with van der Waals surface area (Å²) in [5.41, 5.74) is 2.86. The molecule has 4 heteroatoms. The van der Waals surface area contributed by atoms with Crippen molar-refractivity contribution in [3.63, 3.8) is 0 Å². The predicted octanol–water partition coefficient (Wildman–Crippen LogP) is 3.08. The molecule has 0 spiro atoms. The van der Waals surface area contributed by atoms with Gasteiger partial charge < -0.3 is 14.4 Å². The van der Waals surface area contributed by atoms with Crippen LogP contribution in [0.2, 0.25) is 0 Å². The summed E-state index contributed by atoms with van der Waals surface area (Å²) in [6.07, 6.45) is 5.35. The van der Waals surface area contributed by atoms with E-state index in [1.165, 1.54) is 0 Å². The normalized spacial score (nSPS) is 12.4. The van der Waals surface area contributed by atoms with E-state index in [1.807, 2.05) is 42.1 Å². The van der Waals surface area contributed by atoms with Gasteiger partial charge >= 0.3 is 0 Å². The molecule has 2 aromatic rings. The number of aromatic nitrogens is 2. The first kappa shape index (κ1) is 14.6. The molecule has 1 N–H and O–H groups in total. The summed E-state index contributed by atoms with van der Waals surface area (Å²) in [6.45, 7) is 4.71. The van der Waals surface area contributed by atoms with E-state index in [0.29, 0.717) is 6.54 Å². The molecule has 20 heavy (non-hydrogen) atoms. The van der Waals surface area contributed by atoms with Crippen LogP contribution in [-0.2, 0) is 6.54 Å². The summed E-state index contributed by atoms with van der Waals surface area (Å²) < 4.78 is 7.30. The van der Waals surface area contributed by atoms with Gasteiger partial charge in [0.1, 0.15) is 5.75 Å².